The number of nitrogens with zero attached hydrogens (tertiary/aromatic N) is 3. The van der Waals surface area contributed by atoms with E-state index in [9.17, 15) is 5.26 Å². The smallest absolute Gasteiger partial charge is 0.103 e. The van der Waals surface area contributed by atoms with E-state index in [1.165, 1.54) is 0 Å². The molecule has 0 unspecified atom stereocenters. The lowest BCUT2D eigenvalue weighted by Gasteiger charge is -2.21. The van der Waals surface area contributed by atoms with Gasteiger partial charge in [0, 0.05) is 17.2 Å². The van der Waals surface area contributed by atoms with Gasteiger partial charge >= 0.3 is 0 Å². The van der Waals surface area contributed by atoms with Gasteiger partial charge in [-0.1, -0.05) is 6.07 Å². The topological polar surface area (TPSA) is 50.8 Å². The number of hydrogen-bond acceptors (Lipinski definition) is 3. The first kappa shape index (κ1) is 13.1. The van der Waals surface area contributed by atoms with Gasteiger partial charge in [-0.2, -0.15) is 10.5 Å². The van der Waals surface area contributed by atoms with Gasteiger partial charge in [-0.15, -0.1) is 0 Å². The van der Waals surface area contributed by atoms with Crippen LogP contribution in [-0.2, 0) is 0 Å². The summed E-state index contributed by atoms with van der Waals surface area (Å²) in [5.74, 6) is 0. The third-order valence-electron chi connectivity index (χ3n) is 2.85. The van der Waals surface area contributed by atoms with Crippen molar-refractivity contribution in [2.75, 3.05) is 11.9 Å². The first-order valence-corrected chi connectivity index (χ1v) is 6.39. The predicted molar refractivity (Wildman–Crippen MR) is 78.1 cm³/mol. The van der Waals surface area contributed by atoms with Gasteiger partial charge in [0.1, 0.15) is 6.07 Å². The normalized spacial score (nSPS) is 9.47. The Kier molecular flexibility index (Phi) is 3.85. The van der Waals surface area contributed by atoms with Crippen LogP contribution in [0.2, 0.25) is 0 Å². The van der Waals surface area contributed by atoms with Crippen molar-refractivity contribution in [3.8, 4) is 12.1 Å². The Morgan fingerprint density at radius 2 is 1.68 bits per heavy atom. The second-order valence-corrected chi connectivity index (χ2v) is 4.82. The fourth-order valence-electron chi connectivity index (χ4n) is 1.80. The highest BCUT2D eigenvalue weighted by molar-refractivity contribution is 9.10. The Balaban J connectivity index is 2.45. The average Bonchev–Trinajstić information content (AvgIpc) is 2.46. The molecule has 0 radical (unpaired) electrons. The molecule has 0 bridgehead atoms. The summed E-state index contributed by atoms with van der Waals surface area (Å²) in [6, 6.07) is 17.1. The van der Waals surface area contributed by atoms with E-state index < -0.39 is 0 Å². The molecule has 3 nitrogen and oxygen atoms in total. The van der Waals surface area contributed by atoms with Gasteiger partial charge in [0.05, 0.1) is 22.9 Å². The Morgan fingerprint density at radius 3 is 2.26 bits per heavy atom. The molecule has 0 saturated heterocycles. The average molecular weight is 312 g/mol. The lowest BCUT2D eigenvalue weighted by Crippen LogP contribution is -2.11. The maximum Gasteiger partial charge on any atom is 0.103 e. The molecule has 0 aliphatic rings. The maximum atomic E-state index is 9.23. The summed E-state index contributed by atoms with van der Waals surface area (Å²) >= 11 is 3.38. The Bertz CT molecular complexity index is 678. The number of hydrogen-bond donors (Lipinski definition) is 0. The summed E-state index contributed by atoms with van der Waals surface area (Å²) in [6.07, 6.45) is 0. The van der Waals surface area contributed by atoms with E-state index in [0.29, 0.717) is 11.1 Å². The molecule has 0 saturated carbocycles. The molecule has 0 N–H and O–H groups in total. The van der Waals surface area contributed by atoms with Crippen LogP contribution in [0.3, 0.4) is 0 Å². The lowest BCUT2D eigenvalue weighted by atomic mass is 10.1. The molecule has 0 heterocycles. The predicted octanol–water partition coefficient (Wildman–Crippen LogP) is 3.96. The summed E-state index contributed by atoms with van der Waals surface area (Å²) < 4.78 is 0.771. The number of anilines is 2. The number of halogens is 1. The van der Waals surface area contributed by atoms with Crippen molar-refractivity contribution in [1.29, 1.82) is 10.5 Å². The number of benzene rings is 2. The zero-order chi connectivity index (χ0) is 13.8. The highest BCUT2D eigenvalue weighted by Gasteiger charge is 2.11. The van der Waals surface area contributed by atoms with Crippen molar-refractivity contribution in [2.45, 2.75) is 0 Å². The molecule has 0 fully saturated rings. The van der Waals surface area contributed by atoms with E-state index in [-0.39, 0.29) is 0 Å². The Morgan fingerprint density at radius 1 is 1.00 bits per heavy atom. The molecular weight excluding hydrogens is 302 g/mol. The van der Waals surface area contributed by atoms with Crippen LogP contribution in [0.4, 0.5) is 11.4 Å². The van der Waals surface area contributed by atoms with Crippen molar-refractivity contribution in [2.24, 2.45) is 0 Å². The Hall–Kier alpha value is -2.30. The molecule has 19 heavy (non-hydrogen) atoms. The van der Waals surface area contributed by atoms with Crippen LogP contribution in [-0.4, -0.2) is 7.05 Å². The number of nitriles is 2. The molecule has 0 atom stereocenters. The van der Waals surface area contributed by atoms with E-state index in [4.69, 9.17) is 5.26 Å². The van der Waals surface area contributed by atoms with E-state index in [0.717, 1.165) is 15.8 Å². The van der Waals surface area contributed by atoms with Gasteiger partial charge in [0.25, 0.3) is 0 Å². The largest absolute Gasteiger partial charge is 0.344 e. The molecule has 0 aliphatic carbocycles. The van der Waals surface area contributed by atoms with Crippen molar-refractivity contribution < 1.29 is 0 Å². The standard InChI is InChI=1S/C15H10BrN3/c1-19(12-7-5-11(9-17)6-8-12)15-4-2-3-14(16)13(15)10-18/h2-8H,1H3. The molecule has 2 aromatic carbocycles. The van der Waals surface area contributed by atoms with Gasteiger partial charge in [0.15, 0.2) is 0 Å². The third kappa shape index (κ3) is 2.59. The summed E-state index contributed by atoms with van der Waals surface area (Å²) in [5, 5.41) is 18.0. The van der Waals surface area contributed by atoms with E-state index in [2.05, 4.69) is 28.1 Å². The fourth-order valence-corrected chi connectivity index (χ4v) is 2.25. The van der Waals surface area contributed by atoms with Crippen molar-refractivity contribution in [3.05, 3.63) is 58.1 Å². The molecular formula is C15H10BrN3. The minimum atomic E-state index is 0.592. The maximum absolute atomic E-state index is 9.23. The summed E-state index contributed by atoms with van der Waals surface area (Å²) in [6.45, 7) is 0. The molecule has 2 rings (SSSR count). The fraction of sp³-hybridized carbons (Fsp3) is 0.0667. The van der Waals surface area contributed by atoms with Crippen molar-refractivity contribution in [3.63, 3.8) is 0 Å². The van der Waals surface area contributed by atoms with Gasteiger partial charge in [-0.05, 0) is 52.3 Å². The minimum absolute atomic E-state index is 0.592. The zero-order valence-corrected chi connectivity index (χ0v) is 11.8. The van der Waals surface area contributed by atoms with Crippen LogP contribution >= 0.6 is 15.9 Å². The lowest BCUT2D eigenvalue weighted by molar-refractivity contribution is 1.19. The molecule has 92 valence electrons. The first-order chi connectivity index (χ1) is 9.17. The second-order valence-electron chi connectivity index (χ2n) is 3.96. The van der Waals surface area contributed by atoms with E-state index >= 15 is 0 Å². The SMILES string of the molecule is CN(c1ccc(C#N)cc1)c1cccc(Br)c1C#N. The third-order valence-corrected chi connectivity index (χ3v) is 3.51. The van der Waals surface area contributed by atoms with Crippen molar-refractivity contribution in [1.82, 2.24) is 0 Å². The van der Waals surface area contributed by atoms with Gasteiger partial charge in [-0.25, -0.2) is 0 Å². The summed E-state index contributed by atoms with van der Waals surface area (Å²) in [5.41, 5.74) is 2.96. The quantitative estimate of drug-likeness (QED) is 0.843. The van der Waals surface area contributed by atoms with Crippen molar-refractivity contribution >= 4 is 27.3 Å². The van der Waals surface area contributed by atoms with Gasteiger partial charge in [-0.3, -0.25) is 0 Å². The van der Waals surface area contributed by atoms with Crippen LogP contribution in [0.15, 0.2) is 46.9 Å². The Labute approximate surface area is 120 Å². The minimum Gasteiger partial charge on any atom is -0.344 e. The second kappa shape index (κ2) is 5.56. The highest BCUT2D eigenvalue weighted by Crippen LogP contribution is 2.31. The number of rotatable bonds is 2. The highest BCUT2D eigenvalue weighted by atomic mass is 79.9. The van der Waals surface area contributed by atoms with Crippen LogP contribution in [0.25, 0.3) is 0 Å². The molecule has 0 spiro atoms. The van der Waals surface area contributed by atoms with Gasteiger partial charge in [0.2, 0.25) is 0 Å². The summed E-state index contributed by atoms with van der Waals surface area (Å²) in [7, 11) is 1.89. The van der Waals surface area contributed by atoms with E-state index in [1.54, 1.807) is 12.1 Å². The van der Waals surface area contributed by atoms with Gasteiger partial charge < -0.3 is 4.90 Å². The summed E-state index contributed by atoms with van der Waals surface area (Å²) in [4.78, 5) is 1.92. The van der Waals surface area contributed by atoms with Crippen LogP contribution in [0.1, 0.15) is 11.1 Å². The zero-order valence-electron chi connectivity index (χ0n) is 10.3. The monoisotopic (exact) mass is 311 g/mol. The molecule has 0 aromatic heterocycles. The van der Waals surface area contributed by atoms with E-state index in [1.807, 2.05) is 42.3 Å². The molecule has 2 aromatic rings. The van der Waals surface area contributed by atoms with Crippen LogP contribution < -0.4 is 4.90 Å². The molecule has 0 aliphatic heterocycles. The molecule has 0 amide bonds. The first-order valence-electron chi connectivity index (χ1n) is 5.60. The van der Waals surface area contributed by atoms with Crippen LogP contribution in [0, 0.1) is 22.7 Å². The molecule has 4 heteroatoms. The van der Waals surface area contributed by atoms with Crippen LogP contribution in [0.5, 0.6) is 0 Å².